The Morgan fingerprint density at radius 3 is 2.13 bits per heavy atom. The van der Waals surface area contributed by atoms with Crippen LogP contribution >= 0.6 is 0 Å². The minimum atomic E-state index is -0.418. The molecule has 0 atom stereocenters. The SMILES string of the molecule is CCOC1(C)C2=NN=C1c1ccccc12. The van der Waals surface area contributed by atoms with Gasteiger partial charge in [-0.2, -0.15) is 10.2 Å². The molecule has 0 spiro atoms. The molecule has 76 valence electrons. The number of benzene rings is 1. The van der Waals surface area contributed by atoms with Crippen LogP contribution in [0, 0.1) is 0 Å². The highest BCUT2D eigenvalue weighted by Gasteiger charge is 2.49. The molecule has 2 aliphatic rings. The quantitative estimate of drug-likeness (QED) is 0.719. The molecule has 1 aromatic carbocycles. The minimum Gasteiger partial charge on any atom is -0.363 e. The second-order valence-corrected chi connectivity index (χ2v) is 3.91. The summed E-state index contributed by atoms with van der Waals surface area (Å²) in [5.41, 5.74) is 3.82. The fourth-order valence-electron chi connectivity index (χ4n) is 2.35. The molecule has 0 amide bonds. The van der Waals surface area contributed by atoms with Gasteiger partial charge in [-0.15, -0.1) is 0 Å². The van der Waals surface area contributed by atoms with Crippen LogP contribution in [0.25, 0.3) is 0 Å². The number of hydrogen-bond donors (Lipinski definition) is 0. The molecule has 1 aliphatic heterocycles. The molecule has 0 radical (unpaired) electrons. The number of hydrogen-bond acceptors (Lipinski definition) is 3. The van der Waals surface area contributed by atoms with Gasteiger partial charge in [-0.25, -0.2) is 0 Å². The third-order valence-electron chi connectivity index (χ3n) is 3.02. The van der Waals surface area contributed by atoms with Gasteiger partial charge in [-0.3, -0.25) is 0 Å². The summed E-state index contributed by atoms with van der Waals surface area (Å²) in [4.78, 5) is 0. The number of fused-ring (bicyclic) bond motifs is 5. The summed E-state index contributed by atoms with van der Waals surface area (Å²) in [7, 11) is 0. The first-order chi connectivity index (χ1) is 7.27. The molecule has 0 saturated carbocycles. The van der Waals surface area contributed by atoms with Crippen LogP contribution < -0.4 is 0 Å². The van der Waals surface area contributed by atoms with E-state index >= 15 is 0 Å². The van der Waals surface area contributed by atoms with Crippen molar-refractivity contribution in [2.75, 3.05) is 6.61 Å². The van der Waals surface area contributed by atoms with Crippen molar-refractivity contribution in [2.45, 2.75) is 19.4 Å². The van der Waals surface area contributed by atoms with Gasteiger partial charge in [0.15, 0.2) is 5.60 Å². The zero-order valence-electron chi connectivity index (χ0n) is 8.82. The Bertz CT molecular complexity index is 449. The maximum Gasteiger partial charge on any atom is 0.154 e. The van der Waals surface area contributed by atoms with Crippen molar-refractivity contribution in [3.05, 3.63) is 35.4 Å². The van der Waals surface area contributed by atoms with Crippen LogP contribution in [0.3, 0.4) is 0 Å². The van der Waals surface area contributed by atoms with Gasteiger partial charge in [0.1, 0.15) is 11.4 Å². The smallest absolute Gasteiger partial charge is 0.154 e. The standard InChI is InChI=1S/C12H12N2O/c1-3-15-12(2)10-8-6-4-5-7-9(8)11(12)14-13-10/h4-7H,3H2,1-2H3. The molecule has 0 aromatic heterocycles. The Kier molecular flexibility index (Phi) is 1.62. The van der Waals surface area contributed by atoms with E-state index in [1.807, 2.05) is 26.0 Å². The van der Waals surface area contributed by atoms with Crippen molar-refractivity contribution in [3.63, 3.8) is 0 Å². The number of nitrogens with zero attached hydrogens (tertiary/aromatic N) is 2. The molecule has 3 heteroatoms. The van der Waals surface area contributed by atoms with Crippen LogP contribution in [-0.2, 0) is 4.74 Å². The van der Waals surface area contributed by atoms with E-state index in [0.717, 1.165) is 11.4 Å². The summed E-state index contributed by atoms with van der Waals surface area (Å²) in [5, 5.41) is 8.39. The maximum absolute atomic E-state index is 5.80. The van der Waals surface area contributed by atoms with Gasteiger partial charge >= 0.3 is 0 Å². The van der Waals surface area contributed by atoms with Gasteiger partial charge in [0, 0.05) is 17.7 Å². The third-order valence-corrected chi connectivity index (χ3v) is 3.02. The topological polar surface area (TPSA) is 34.0 Å². The summed E-state index contributed by atoms with van der Waals surface area (Å²) in [6, 6.07) is 8.20. The third kappa shape index (κ3) is 0.934. The van der Waals surface area contributed by atoms with Gasteiger partial charge in [-0.1, -0.05) is 24.3 Å². The number of ether oxygens (including phenoxy) is 1. The minimum absolute atomic E-state index is 0.418. The highest BCUT2D eigenvalue weighted by molar-refractivity contribution is 6.37. The van der Waals surface area contributed by atoms with Gasteiger partial charge < -0.3 is 4.74 Å². The molecule has 2 bridgehead atoms. The Morgan fingerprint density at radius 2 is 1.67 bits per heavy atom. The molecule has 1 heterocycles. The molecule has 3 nitrogen and oxygen atoms in total. The van der Waals surface area contributed by atoms with Crippen LogP contribution in [0.5, 0.6) is 0 Å². The lowest BCUT2D eigenvalue weighted by Gasteiger charge is -2.21. The van der Waals surface area contributed by atoms with Crippen molar-refractivity contribution in [3.8, 4) is 0 Å². The second kappa shape index (κ2) is 2.76. The van der Waals surface area contributed by atoms with Crippen LogP contribution in [0.15, 0.2) is 34.5 Å². The molecule has 0 saturated heterocycles. The zero-order valence-corrected chi connectivity index (χ0v) is 8.82. The van der Waals surface area contributed by atoms with E-state index in [9.17, 15) is 0 Å². The molecular weight excluding hydrogens is 188 g/mol. The Morgan fingerprint density at radius 1 is 1.13 bits per heavy atom. The second-order valence-electron chi connectivity index (χ2n) is 3.91. The molecule has 15 heavy (non-hydrogen) atoms. The van der Waals surface area contributed by atoms with Crippen molar-refractivity contribution in [1.82, 2.24) is 0 Å². The van der Waals surface area contributed by atoms with Gasteiger partial charge in [-0.05, 0) is 13.8 Å². The lowest BCUT2D eigenvalue weighted by molar-refractivity contribution is 0.0846. The number of rotatable bonds is 2. The van der Waals surface area contributed by atoms with E-state index in [0.29, 0.717) is 6.61 Å². The predicted molar refractivity (Wildman–Crippen MR) is 59.5 cm³/mol. The molecule has 0 unspecified atom stereocenters. The molecule has 0 N–H and O–H groups in total. The van der Waals surface area contributed by atoms with E-state index in [4.69, 9.17) is 4.74 Å². The van der Waals surface area contributed by atoms with Gasteiger partial charge in [0.2, 0.25) is 0 Å². The van der Waals surface area contributed by atoms with Crippen molar-refractivity contribution in [1.29, 1.82) is 0 Å². The average Bonchev–Trinajstić information content (AvgIpc) is 2.69. The summed E-state index contributed by atoms with van der Waals surface area (Å²) in [6.45, 7) is 4.71. The molecular formula is C12H12N2O. The average molecular weight is 200 g/mol. The Balaban J connectivity index is 2.18. The Labute approximate surface area is 88.5 Å². The van der Waals surface area contributed by atoms with E-state index in [1.54, 1.807) is 0 Å². The van der Waals surface area contributed by atoms with Crippen molar-refractivity contribution in [2.24, 2.45) is 10.2 Å². The predicted octanol–water partition coefficient (Wildman–Crippen LogP) is 2.00. The fourth-order valence-corrected chi connectivity index (χ4v) is 2.35. The Hall–Kier alpha value is -1.48. The highest BCUT2D eigenvalue weighted by Crippen LogP contribution is 2.37. The first-order valence-electron chi connectivity index (χ1n) is 5.17. The normalized spacial score (nSPS) is 19.9. The van der Waals surface area contributed by atoms with Crippen LogP contribution in [-0.4, -0.2) is 23.6 Å². The van der Waals surface area contributed by atoms with Crippen molar-refractivity contribution < 1.29 is 4.74 Å². The molecule has 1 aliphatic carbocycles. The van der Waals surface area contributed by atoms with Crippen LogP contribution in [0.2, 0.25) is 0 Å². The largest absolute Gasteiger partial charge is 0.363 e. The maximum atomic E-state index is 5.80. The van der Waals surface area contributed by atoms with Crippen molar-refractivity contribution >= 4 is 11.4 Å². The first kappa shape index (κ1) is 8.80. The molecule has 3 rings (SSSR count). The van der Waals surface area contributed by atoms with E-state index in [-0.39, 0.29) is 0 Å². The highest BCUT2D eigenvalue weighted by atomic mass is 16.5. The van der Waals surface area contributed by atoms with Gasteiger partial charge in [0.25, 0.3) is 0 Å². The first-order valence-corrected chi connectivity index (χ1v) is 5.17. The lowest BCUT2D eigenvalue weighted by Crippen LogP contribution is -2.39. The fraction of sp³-hybridized carbons (Fsp3) is 0.333. The van der Waals surface area contributed by atoms with Crippen LogP contribution in [0.4, 0.5) is 0 Å². The van der Waals surface area contributed by atoms with E-state index < -0.39 is 5.60 Å². The van der Waals surface area contributed by atoms with Gasteiger partial charge in [0.05, 0.1) is 0 Å². The van der Waals surface area contributed by atoms with Crippen LogP contribution in [0.1, 0.15) is 25.0 Å². The summed E-state index contributed by atoms with van der Waals surface area (Å²) < 4.78 is 5.80. The van der Waals surface area contributed by atoms with E-state index in [2.05, 4.69) is 22.3 Å². The monoisotopic (exact) mass is 200 g/mol. The zero-order chi connectivity index (χ0) is 10.5. The summed E-state index contributed by atoms with van der Waals surface area (Å²) in [6.07, 6.45) is 0. The summed E-state index contributed by atoms with van der Waals surface area (Å²) in [5.74, 6) is 0. The molecule has 1 aromatic rings. The van der Waals surface area contributed by atoms with E-state index in [1.165, 1.54) is 11.1 Å². The molecule has 0 fully saturated rings. The summed E-state index contributed by atoms with van der Waals surface area (Å²) >= 11 is 0. The lowest BCUT2D eigenvalue weighted by atomic mass is 10.00.